The molecule has 2 aromatic heterocycles. The fourth-order valence-electron chi connectivity index (χ4n) is 3.53. The first-order valence-corrected chi connectivity index (χ1v) is 9.18. The van der Waals surface area contributed by atoms with Crippen LogP contribution in [-0.2, 0) is 5.41 Å². The van der Waals surface area contributed by atoms with Crippen molar-refractivity contribution in [2.45, 2.75) is 25.2 Å². The molecule has 0 bridgehead atoms. The van der Waals surface area contributed by atoms with Crippen LogP contribution in [0.25, 0.3) is 0 Å². The quantitative estimate of drug-likeness (QED) is 0.512. The van der Waals surface area contributed by atoms with Gasteiger partial charge in [-0.05, 0) is 37.5 Å². The Balaban J connectivity index is 1.36. The summed E-state index contributed by atoms with van der Waals surface area (Å²) in [7, 11) is 0. The van der Waals surface area contributed by atoms with Crippen molar-refractivity contribution in [2.75, 3.05) is 11.9 Å². The Bertz CT molecular complexity index is 1110. The number of pyridine rings is 1. The minimum atomic E-state index is -0.487. The van der Waals surface area contributed by atoms with Gasteiger partial charge in [-0.3, -0.25) is 10.1 Å². The SMILES string of the molecule is Cc1cnc(Nc2cnc(Oc3cccc4c3C3(CC3)CO4)cn2)c([N+](=O)[O-])c1. The van der Waals surface area contributed by atoms with Crippen LogP contribution in [0.3, 0.4) is 0 Å². The fourth-order valence-corrected chi connectivity index (χ4v) is 3.53. The summed E-state index contributed by atoms with van der Waals surface area (Å²) in [4.78, 5) is 23.3. The third kappa shape index (κ3) is 3.10. The van der Waals surface area contributed by atoms with E-state index in [1.165, 1.54) is 18.5 Å². The van der Waals surface area contributed by atoms with Crippen molar-refractivity contribution in [3.05, 3.63) is 64.1 Å². The van der Waals surface area contributed by atoms with E-state index in [2.05, 4.69) is 20.3 Å². The van der Waals surface area contributed by atoms with Crippen LogP contribution in [-0.4, -0.2) is 26.5 Å². The van der Waals surface area contributed by atoms with Gasteiger partial charge < -0.3 is 14.8 Å². The van der Waals surface area contributed by atoms with Crippen LogP contribution in [0.1, 0.15) is 24.0 Å². The molecule has 29 heavy (non-hydrogen) atoms. The third-order valence-electron chi connectivity index (χ3n) is 5.17. The molecule has 9 nitrogen and oxygen atoms in total. The standard InChI is InChI=1S/C20H17N5O4/c1-12-7-13(25(26)27)19(23-8-12)24-16-9-22-17(10-21-16)29-15-4-2-3-14-18(15)20(5-6-20)11-28-14/h2-4,7-10H,5-6,11H2,1H3,(H,21,23,24). The number of nitrogens with one attached hydrogen (secondary N) is 1. The lowest BCUT2D eigenvalue weighted by molar-refractivity contribution is -0.384. The maximum Gasteiger partial charge on any atom is 0.312 e. The summed E-state index contributed by atoms with van der Waals surface area (Å²) in [6.45, 7) is 2.44. The number of fused-ring (bicyclic) bond motifs is 2. The topological polar surface area (TPSA) is 112 Å². The highest BCUT2D eigenvalue weighted by molar-refractivity contribution is 5.63. The fraction of sp³-hybridized carbons (Fsp3) is 0.250. The zero-order valence-corrected chi connectivity index (χ0v) is 15.6. The number of ether oxygens (including phenoxy) is 2. The summed E-state index contributed by atoms with van der Waals surface area (Å²) in [5, 5.41) is 14.1. The van der Waals surface area contributed by atoms with Crippen molar-refractivity contribution < 1.29 is 14.4 Å². The van der Waals surface area contributed by atoms with Gasteiger partial charge in [0, 0.05) is 23.2 Å². The van der Waals surface area contributed by atoms with Crippen molar-refractivity contribution in [3.63, 3.8) is 0 Å². The van der Waals surface area contributed by atoms with Crippen molar-refractivity contribution in [2.24, 2.45) is 0 Å². The van der Waals surface area contributed by atoms with E-state index < -0.39 is 4.92 Å². The summed E-state index contributed by atoms with van der Waals surface area (Å²) >= 11 is 0. The normalized spacial score (nSPS) is 15.5. The molecule has 3 aromatic rings. The molecule has 5 rings (SSSR count). The highest BCUT2D eigenvalue weighted by Crippen LogP contribution is 2.58. The predicted molar refractivity (Wildman–Crippen MR) is 104 cm³/mol. The Labute approximate surface area is 165 Å². The van der Waals surface area contributed by atoms with Gasteiger partial charge in [0.2, 0.25) is 11.7 Å². The number of rotatable bonds is 5. The van der Waals surface area contributed by atoms with Crippen LogP contribution < -0.4 is 14.8 Å². The first-order chi connectivity index (χ1) is 14.0. The van der Waals surface area contributed by atoms with Gasteiger partial charge >= 0.3 is 5.69 Å². The van der Waals surface area contributed by atoms with Crippen LogP contribution in [0.5, 0.6) is 17.4 Å². The summed E-state index contributed by atoms with van der Waals surface area (Å²) in [5.74, 6) is 2.36. The first-order valence-electron chi connectivity index (χ1n) is 9.18. The van der Waals surface area contributed by atoms with Gasteiger partial charge in [-0.25, -0.2) is 15.0 Å². The largest absolute Gasteiger partial charge is 0.492 e. The molecule has 1 aliphatic heterocycles. The molecule has 2 aliphatic rings. The number of benzene rings is 1. The molecule has 9 heteroatoms. The molecule has 0 amide bonds. The number of aryl methyl sites for hydroxylation is 1. The van der Waals surface area contributed by atoms with E-state index in [4.69, 9.17) is 9.47 Å². The molecule has 1 aliphatic carbocycles. The average molecular weight is 391 g/mol. The maximum atomic E-state index is 11.2. The second-order valence-electron chi connectivity index (χ2n) is 7.30. The maximum absolute atomic E-state index is 11.2. The molecule has 1 fully saturated rings. The van der Waals surface area contributed by atoms with E-state index in [0.717, 1.165) is 29.9 Å². The Kier molecular flexibility index (Phi) is 3.83. The number of hydrogen-bond acceptors (Lipinski definition) is 8. The number of aromatic nitrogens is 3. The number of nitrogens with zero attached hydrogens (tertiary/aromatic N) is 4. The molecular formula is C20H17N5O4. The Morgan fingerprint density at radius 2 is 2.07 bits per heavy atom. The summed E-state index contributed by atoms with van der Waals surface area (Å²) in [6.07, 6.45) is 6.66. The second-order valence-corrected chi connectivity index (χ2v) is 7.30. The smallest absolute Gasteiger partial charge is 0.312 e. The Hall–Kier alpha value is -3.75. The number of anilines is 2. The van der Waals surface area contributed by atoms with E-state index in [1.54, 1.807) is 13.1 Å². The van der Waals surface area contributed by atoms with E-state index in [-0.39, 0.29) is 16.9 Å². The summed E-state index contributed by atoms with van der Waals surface area (Å²) in [5.41, 5.74) is 1.76. The Morgan fingerprint density at radius 1 is 1.21 bits per heavy atom. The number of nitro groups is 1. The predicted octanol–water partition coefficient (Wildman–Crippen LogP) is 4.05. The van der Waals surface area contributed by atoms with Crippen molar-refractivity contribution in [3.8, 4) is 17.4 Å². The molecule has 1 aromatic carbocycles. The van der Waals surface area contributed by atoms with Crippen LogP contribution >= 0.6 is 0 Å². The lowest BCUT2D eigenvalue weighted by Gasteiger charge is -2.12. The minimum Gasteiger partial charge on any atom is -0.492 e. The van der Waals surface area contributed by atoms with Gasteiger partial charge in [-0.2, -0.15) is 0 Å². The summed E-state index contributed by atoms with van der Waals surface area (Å²) in [6, 6.07) is 7.20. The van der Waals surface area contributed by atoms with E-state index in [1.807, 2.05) is 18.2 Å². The molecular weight excluding hydrogens is 374 g/mol. The molecule has 3 heterocycles. The third-order valence-corrected chi connectivity index (χ3v) is 5.17. The molecule has 0 saturated heterocycles. The van der Waals surface area contributed by atoms with Gasteiger partial charge in [0.15, 0.2) is 5.82 Å². The molecule has 0 atom stereocenters. The lowest BCUT2D eigenvalue weighted by Crippen LogP contribution is -2.08. The number of hydrogen-bond donors (Lipinski definition) is 1. The molecule has 0 radical (unpaired) electrons. The molecule has 1 spiro atoms. The van der Waals surface area contributed by atoms with E-state index in [0.29, 0.717) is 23.9 Å². The molecule has 146 valence electrons. The van der Waals surface area contributed by atoms with Gasteiger partial charge in [0.1, 0.15) is 11.5 Å². The monoisotopic (exact) mass is 391 g/mol. The second kappa shape index (κ2) is 6.40. The Morgan fingerprint density at radius 3 is 2.79 bits per heavy atom. The van der Waals surface area contributed by atoms with Gasteiger partial charge in [-0.15, -0.1) is 0 Å². The van der Waals surface area contributed by atoms with Gasteiger partial charge in [0.05, 0.1) is 23.9 Å². The highest BCUT2D eigenvalue weighted by Gasteiger charge is 2.52. The molecule has 1 N–H and O–H groups in total. The summed E-state index contributed by atoms with van der Waals surface area (Å²) < 4.78 is 11.8. The van der Waals surface area contributed by atoms with Crippen molar-refractivity contribution >= 4 is 17.3 Å². The molecule has 0 unspecified atom stereocenters. The lowest BCUT2D eigenvalue weighted by atomic mass is 9.97. The van der Waals surface area contributed by atoms with Gasteiger partial charge in [-0.1, -0.05) is 6.07 Å². The zero-order valence-electron chi connectivity index (χ0n) is 15.6. The van der Waals surface area contributed by atoms with Crippen molar-refractivity contribution in [1.29, 1.82) is 0 Å². The van der Waals surface area contributed by atoms with Crippen molar-refractivity contribution in [1.82, 2.24) is 15.0 Å². The highest BCUT2D eigenvalue weighted by atomic mass is 16.6. The zero-order chi connectivity index (χ0) is 20.0. The van der Waals surface area contributed by atoms with Crippen LogP contribution in [0.4, 0.5) is 17.3 Å². The first kappa shape index (κ1) is 17.4. The molecule has 1 saturated carbocycles. The minimum absolute atomic E-state index is 0.0803. The van der Waals surface area contributed by atoms with Crippen LogP contribution in [0.2, 0.25) is 0 Å². The van der Waals surface area contributed by atoms with Gasteiger partial charge in [0.25, 0.3) is 0 Å². The van der Waals surface area contributed by atoms with E-state index in [9.17, 15) is 10.1 Å². The van der Waals surface area contributed by atoms with E-state index >= 15 is 0 Å². The van der Waals surface area contributed by atoms with Crippen LogP contribution in [0.15, 0.2) is 42.9 Å². The average Bonchev–Trinajstić information content (AvgIpc) is 3.40. The van der Waals surface area contributed by atoms with Crippen LogP contribution in [0, 0.1) is 17.0 Å².